The van der Waals surface area contributed by atoms with Gasteiger partial charge in [0.1, 0.15) is 0 Å². The normalized spacial score (nSPS) is 14.3. The number of hydrogen-bond acceptors (Lipinski definition) is 2. The third-order valence-corrected chi connectivity index (χ3v) is 4.75. The molecule has 0 aliphatic carbocycles. The van der Waals surface area contributed by atoms with Gasteiger partial charge >= 0.3 is 6.18 Å². The molecular weight excluding hydrogens is 339 g/mol. The van der Waals surface area contributed by atoms with Crippen molar-refractivity contribution in [2.24, 2.45) is 0 Å². The molecule has 3 nitrogen and oxygen atoms in total. The molecule has 0 saturated carbocycles. The van der Waals surface area contributed by atoms with E-state index in [0.29, 0.717) is 5.69 Å². The monoisotopic (exact) mass is 357 g/mol. The van der Waals surface area contributed by atoms with Crippen LogP contribution in [0.3, 0.4) is 0 Å². The number of fused-ring (bicyclic) bond motifs is 1. The van der Waals surface area contributed by atoms with Gasteiger partial charge in [-0.25, -0.2) is 4.98 Å². The van der Waals surface area contributed by atoms with Gasteiger partial charge in [-0.2, -0.15) is 13.2 Å². The van der Waals surface area contributed by atoms with Gasteiger partial charge in [-0.3, -0.25) is 0 Å². The fraction of sp³-hybridized carbons (Fsp3) is 0.250. The van der Waals surface area contributed by atoms with Gasteiger partial charge in [0.05, 0.1) is 23.3 Å². The number of aryl methyl sites for hydroxylation is 1. The standard InChI is InChI=1S/C20H18F3N3/c1-13-11-26(12-25-13)19-9-15(20(21,22)23)5-6-18(19)17-4-2-3-14-10-24-8-7-16(14)17/h2-6,9,11-12,24H,7-8,10H2,1H3. The van der Waals surface area contributed by atoms with E-state index in [9.17, 15) is 13.2 Å². The van der Waals surface area contributed by atoms with E-state index in [1.54, 1.807) is 23.2 Å². The SMILES string of the molecule is Cc1cn(-c2cc(C(F)(F)F)ccc2-c2cccc3c2CCNC3)cn1. The molecule has 3 aromatic rings. The Labute approximate surface area is 149 Å². The Bertz CT molecular complexity index is 957. The van der Waals surface area contributed by atoms with Crippen LogP contribution in [0.25, 0.3) is 16.8 Å². The van der Waals surface area contributed by atoms with Crippen LogP contribution >= 0.6 is 0 Å². The van der Waals surface area contributed by atoms with Crippen LogP contribution in [0, 0.1) is 6.92 Å². The molecule has 1 aliphatic rings. The number of nitrogens with zero attached hydrogens (tertiary/aromatic N) is 2. The zero-order valence-electron chi connectivity index (χ0n) is 14.3. The second-order valence-electron chi connectivity index (χ2n) is 6.52. The van der Waals surface area contributed by atoms with E-state index in [4.69, 9.17) is 0 Å². The van der Waals surface area contributed by atoms with E-state index in [1.807, 2.05) is 19.1 Å². The van der Waals surface area contributed by atoms with Gasteiger partial charge in [-0.15, -0.1) is 0 Å². The number of halogens is 3. The van der Waals surface area contributed by atoms with Crippen molar-refractivity contribution in [3.05, 3.63) is 71.3 Å². The highest BCUT2D eigenvalue weighted by Crippen LogP contribution is 2.37. The zero-order valence-corrected chi connectivity index (χ0v) is 14.3. The van der Waals surface area contributed by atoms with Crippen molar-refractivity contribution in [3.8, 4) is 16.8 Å². The Morgan fingerprint density at radius 2 is 1.96 bits per heavy atom. The molecule has 0 fully saturated rings. The van der Waals surface area contributed by atoms with Crippen molar-refractivity contribution >= 4 is 0 Å². The molecule has 0 saturated heterocycles. The maximum Gasteiger partial charge on any atom is 0.416 e. The van der Waals surface area contributed by atoms with Gasteiger partial charge in [0.2, 0.25) is 0 Å². The van der Waals surface area contributed by atoms with Gasteiger partial charge in [-0.1, -0.05) is 24.3 Å². The summed E-state index contributed by atoms with van der Waals surface area (Å²) in [5.41, 5.74) is 4.76. The van der Waals surface area contributed by atoms with Crippen molar-refractivity contribution in [3.63, 3.8) is 0 Å². The Kier molecular flexibility index (Phi) is 4.07. The van der Waals surface area contributed by atoms with Gasteiger partial charge < -0.3 is 9.88 Å². The number of rotatable bonds is 2. The third kappa shape index (κ3) is 3.01. The van der Waals surface area contributed by atoms with Crippen LogP contribution in [0.15, 0.2) is 48.9 Å². The molecule has 0 bridgehead atoms. The first-order chi connectivity index (χ1) is 12.4. The number of nitrogens with one attached hydrogen (secondary N) is 1. The number of alkyl halides is 3. The fourth-order valence-corrected chi connectivity index (χ4v) is 3.49. The maximum atomic E-state index is 13.3. The topological polar surface area (TPSA) is 29.9 Å². The summed E-state index contributed by atoms with van der Waals surface area (Å²) >= 11 is 0. The summed E-state index contributed by atoms with van der Waals surface area (Å²) in [6.45, 7) is 3.47. The highest BCUT2D eigenvalue weighted by molar-refractivity contribution is 5.77. The van der Waals surface area contributed by atoms with Crippen molar-refractivity contribution in [1.29, 1.82) is 0 Å². The van der Waals surface area contributed by atoms with Gasteiger partial charge in [-0.05, 0) is 48.7 Å². The second-order valence-corrected chi connectivity index (χ2v) is 6.52. The highest BCUT2D eigenvalue weighted by Gasteiger charge is 2.31. The molecule has 0 radical (unpaired) electrons. The first kappa shape index (κ1) is 16.8. The molecular formula is C20H18F3N3. The van der Waals surface area contributed by atoms with Crippen LogP contribution in [0.5, 0.6) is 0 Å². The Morgan fingerprint density at radius 1 is 1.12 bits per heavy atom. The van der Waals surface area contributed by atoms with Crippen LogP contribution in [0.1, 0.15) is 22.4 Å². The molecule has 134 valence electrons. The number of benzene rings is 2. The lowest BCUT2D eigenvalue weighted by molar-refractivity contribution is -0.137. The minimum atomic E-state index is -4.39. The average molecular weight is 357 g/mol. The molecule has 1 N–H and O–H groups in total. The van der Waals surface area contributed by atoms with E-state index < -0.39 is 11.7 Å². The van der Waals surface area contributed by atoms with Crippen molar-refractivity contribution in [1.82, 2.24) is 14.9 Å². The van der Waals surface area contributed by atoms with Crippen molar-refractivity contribution < 1.29 is 13.2 Å². The number of aromatic nitrogens is 2. The van der Waals surface area contributed by atoms with Crippen LogP contribution in [0.4, 0.5) is 13.2 Å². The van der Waals surface area contributed by atoms with Crippen LogP contribution < -0.4 is 5.32 Å². The smallest absolute Gasteiger partial charge is 0.312 e. The molecule has 0 spiro atoms. The molecule has 4 rings (SSSR count). The zero-order chi connectivity index (χ0) is 18.3. The molecule has 2 heterocycles. The summed E-state index contributed by atoms with van der Waals surface area (Å²) in [4.78, 5) is 4.18. The molecule has 0 unspecified atom stereocenters. The molecule has 26 heavy (non-hydrogen) atoms. The van der Waals surface area contributed by atoms with E-state index in [0.717, 1.165) is 42.4 Å². The highest BCUT2D eigenvalue weighted by atomic mass is 19.4. The number of hydrogen-bond donors (Lipinski definition) is 1. The number of imidazole rings is 1. The van der Waals surface area contributed by atoms with Gasteiger partial charge in [0.25, 0.3) is 0 Å². The first-order valence-corrected chi connectivity index (χ1v) is 8.47. The van der Waals surface area contributed by atoms with E-state index in [1.165, 1.54) is 17.2 Å². The molecule has 6 heteroatoms. The van der Waals surface area contributed by atoms with Crippen LogP contribution in [-0.4, -0.2) is 16.1 Å². The predicted octanol–water partition coefficient (Wildman–Crippen LogP) is 4.51. The second kappa shape index (κ2) is 6.29. The van der Waals surface area contributed by atoms with E-state index in [-0.39, 0.29) is 0 Å². The lowest BCUT2D eigenvalue weighted by Gasteiger charge is -2.22. The lowest BCUT2D eigenvalue weighted by atomic mass is 9.90. The maximum absolute atomic E-state index is 13.3. The molecule has 0 amide bonds. The first-order valence-electron chi connectivity index (χ1n) is 8.47. The van der Waals surface area contributed by atoms with Crippen molar-refractivity contribution in [2.45, 2.75) is 26.1 Å². The summed E-state index contributed by atoms with van der Waals surface area (Å²) in [5.74, 6) is 0. The molecule has 2 aromatic carbocycles. The van der Waals surface area contributed by atoms with Crippen LogP contribution in [-0.2, 0) is 19.1 Å². The Hall–Kier alpha value is -2.60. The van der Waals surface area contributed by atoms with Gasteiger partial charge in [0.15, 0.2) is 0 Å². The van der Waals surface area contributed by atoms with Crippen molar-refractivity contribution in [2.75, 3.05) is 6.54 Å². The summed E-state index contributed by atoms with van der Waals surface area (Å²) in [6, 6.07) is 9.95. The fourth-order valence-electron chi connectivity index (χ4n) is 3.49. The van der Waals surface area contributed by atoms with Gasteiger partial charge in [0, 0.05) is 18.3 Å². The summed E-state index contributed by atoms with van der Waals surface area (Å²) in [7, 11) is 0. The molecule has 1 aliphatic heterocycles. The Balaban J connectivity index is 1.94. The summed E-state index contributed by atoms with van der Waals surface area (Å²) in [5, 5.41) is 3.33. The molecule has 1 aromatic heterocycles. The lowest BCUT2D eigenvalue weighted by Crippen LogP contribution is -2.24. The largest absolute Gasteiger partial charge is 0.416 e. The molecule has 0 atom stereocenters. The summed E-state index contributed by atoms with van der Waals surface area (Å²) in [6.07, 6.45) is -0.223. The Morgan fingerprint density at radius 3 is 2.69 bits per heavy atom. The van der Waals surface area contributed by atoms with E-state index in [2.05, 4.69) is 16.4 Å². The minimum Gasteiger partial charge on any atom is -0.312 e. The predicted molar refractivity (Wildman–Crippen MR) is 94.1 cm³/mol. The third-order valence-electron chi connectivity index (χ3n) is 4.75. The average Bonchev–Trinajstić information content (AvgIpc) is 3.06. The van der Waals surface area contributed by atoms with Crippen LogP contribution in [0.2, 0.25) is 0 Å². The quantitative estimate of drug-likeness (QED) is 0.731. The minimum absolute atomic E-state index is 0.493. The van der Waals surface area contributed by atoms with E-state index >= 15 is 0 Å². The summed E-state index contributed by atoms with van der Waals surface area (Å²) < 4.78 is 41.5.